The van der Waals surface area contributed by atoms with Gasteiger partial charge in [0, 0.05) is 19.1 Å². The zero-order valence-electron chi connectivity index (χ0n) is 25.5. The number of hydrogen-bond donors (Lipinski definition) is 15. The van der Waals surface area contributed by atoms with Crippen molar-refractivity contribution < 1.29 is 64.6 Å². The van der Waals surface area contributed by atoms with Crippen LogP contribution in [0.4, 0.5) is 0 Å². The number of nitrogens with one attached hydrogen (secondary N) is 2. The fraction of sp³-hybridized carbons (Fsp3) is 0.962. The molecule has 20 N–H and O–H groups in total. The van der Waals surface area contributed by atoms with Gasteiger partial charge in [0.15, 0.2) is 12.6 Å². The maximum absolute atomic E-state index is 12.7. The van der Waals surface area contributed by atoms with Gasteiger partial charge in [-0.25, -0.2) is 0 Å². The van der Waals surface area contributed by atoms with Gasteiger partial charge in [0.2, 0.25) is 5.91 Å². The fourth-order valence-corrected chi connectivity index (χ4v) is 5.87. The average Bonchev–Trinajstić information content (AvgIpc) is 3.02. The van der Waals surface area contributed by atoms with E-state index in [1.165, 1.54) is 0 Å². The third kappa shape index (κ3) is 9.25. The van der Waals surface area contributed by atoms with E-state index in [1.54, 1.807) is 0 Å². The lowest BCUT2D eigenvalue weighted by Gasteiger charge is -2.49. The Hall–Kier alpha value is -1.25. The molecule has 2 heterocycles. The first-order valence-electron chi connectivity index (χ1n) is 15.4. The number of hydrogen-bond acceptors (Lipinski definition) is 19. The molecule has 20 heteroatoms. The summed E-state index contributed by atoms with van der Waals surface area (Å²) in [4.78, 5) is 12.7. The van der Waals surface area contributed by atoms with Gasteiger partial charge in [0.1, 0.15) is 61.0 Å². The van der Waals surface area contributed by atoms with Crippen LogP contribution in [0.2, 0.25) is 0 Å². The highest BCUT2D eigenvalue weighted by molar-refractivity contribution is 5.80. The molecule has 0 aromatic heterocycles. The fourth-order valence-electron chi connectivity index (χ4n) is 5.87. The smallest absolute Gasteiger partial charge is 0.249 e. The Kier molecular flexibility index (Phi) is 15.3. The molecule has 1 amide bonds. The Morgan fingerprint density at radius 1 is 0.826 bits per heavy atom. The van der Waals surface area contributed by atoms with Crippen LogP contribution >= 0.6 is 0 Å². The molecule has 0 spiro atoms. The molecule has 1 unspecified atom stereocenters. The lowest BCUT2D eigenvalue weighted by atomic mass is 9.83. The van der Waals surface area contributed by atoms with Crippen molar-refractivity contribution >= 4 is 5.91 Å². The van der Waals surface area contributed by atoms with E-state index in [0.29, 0.717) is 0 Å². The molecule has 0 aromatic rings. The zero-order valence-corrected chi connectivity index (χ0v) is 25.5. The van der Waals surface area contributed by atoms with Gasteiger partial charge in [0.25, 0.3) is 0 Å². The van der Waals surface area contributed by atoms with Gasteiger partial charge in [-0.05, 0) is 32.4 Å². The topological polar surface area (TPSA) is 370 Å². The summed E-state index contributed by atoms with van der Waals surface area (Å²) in [7, 11) is 0. The van der Waals surface area contributed by atoms with E-state index >= 15 is 0 Å². The van der Waals surface area contributed by atoms with E-state index in [2.05, 4.69) is 10.6 Å². The summed E-state index contributed by atoms with van der Waals surface area (Å²) in [5, 5.41) is 89.5. The standard InChI is InChI=1S/C26H53N7O13/c27-3-1-9(35)7-32-16-20(40)18(38)13(6-29)43-25(16)45-22-10(30)5-11(33-24(42)12(36)2-4-28)23(21(22)41)46-26-19(39)15(31)17(37)14(8-34)44-26/h9-23,25-26,32,34-41H,1-8,27-31H2,(H,33,42)/t9?,10-,11+,12-,13+,14+,15-,16+,17+,18+,19+,20+,21-,22+,23-,25+,26+/m0/s1. The Morgan fingerprint density at radius 3 is 2.07 bits per heavy atom. The number of carbonyl (C=O) groups excluding carboxylic acids is 1. The second kappa shape index (κ2) is 17.9. The summed E-state index contributed by atoms with van der Waals surface area (Å²) < 4.78 is 23.4. The molecule has 0 radical (unpaired) electrons. The lowest BCUT2D eigenvalue weighted by Crippen LogP contribution is -2.70. The van der Waals surface area contributed by atoms with Gasteiger partial charge in [-0.1, -0.05) is 0 Å². The number of carbonyl (C=O) groups is 1. The van der Waals surface area contributed by atoms with Crippen LogP contribution in [-0.4, -0.2) is 183 Å². The molecule has 3 aliphatic rings. The monoisotopic (exact) mass is 671 g/mol. The van der Waals surface area contributed by atoms with Crippen molar-refractivity contribution in [1.82, 2.24) is 10.6 Å². The van der Waals surface area contributed by atoms with E-state index in [1.807, 2.05) is 0 Å². The summed E-state index contributed by atoms with van der Waals surface area (Å²) in [6.07, 6.45) is -18.2. The first-order chi connectivity index (χ1) is 21.8. The van der Waals surface area contributed by atoms with Crippen LogP contribution in [0.25, 0.3) is 0 Å². The molecule has 3 fully saturated rings. The highest BCUT2D eigenvalue weighted by atomic mass is 16.7. The van der Waals surface area contributed by atoms with Crippen molar-refractivity contribution in [2.45, 2.75) is 123 Å². The van der Waals surface area contributed by atoms with E-state index in [4.69, 9.17) is 47.6 Å². The summed E-state index contributed by atoms with van der Waals surface area (Å²) in [5.41, 5.74) is 29.0. The molecule has 2 saturated heterocycles. The molecule has 270 valence electrons. The maximum atomic E-state index is 12.7. The van der Waals surface area contributed by atoms with Crippen LogP contribution in [0.5, 0.6) is 0 Å². The maximum Gasteiger partial charge on any atom is 0.249 e. The number of rotatable bonds is 15. The highest BCUT2D eigenvalue weighted by Gasteiger charge is 2.52. The largest absolute Gasteiger partial charge is 0.394 e. The lowest BCUT2D eigenvalue weighted by molar-refractivity contribution is -0.321. The summed E-state index contributed by atoms with van der Waals surface area (Å²) in [5.74, 6) is -0.841. The Labute approximate surface area is 266 Å². The van der Waals surface area contributed by atoms with E-state index < -0.39 is 116 Å². The SMILES string of the molecule is NCCC(O)CN[C@H]1[C@@H](O[C@H]2[C@H](O)[C@@H](O[C@H]3O[C@H](CO)[C@@H](O)[C@H](N)[C@H]3O)[C@H](NC(=O)[C@@H](O)CCN)C[C@@H]2N)O[C@H](CN)[C@@H](O)[C@@H]1O. The van der Waals surface area contributed by atoms with Crippen LogP contribution in [0.15, 0.2) is 0 Å². The second-order valence-corrected chi connectivity index (χ2v) is 12.0. The zero-order chi connectivity index (χ0) is 34.3. The third-order valence-corrected chi connectivity index (χ3v) is 8.63. The molecule has 17 atom stereocenters. The number of amides is 1. The summed E-state index contributed by atoms with van der Waals surface area (Å²) >= 11 is 0. The van der Waals surface area contributed by atoms with E-state index in [9.17, 15) is 45.6 Å². The number of nitrogens with two attached hydrogens (primary N) is 5. The number of aliphatic hydroxyl groups is 8. The molecule has 0 bridgehead atoms. The first-order valence-corrected chi connectivity index (χ1v) is 15.4. The number of ether oxygens (including phenoxy) is 4. The predicted molar refractivity (Wildman–Crippen MR) is 157 cm³/mol. The molecule has 0 aromatic carbocycles. The van der Waals surface area contributed by atoms with Crippen LogP contribution in [-0.2, 0) is 23.7 Å². The Morgan fingerprint density at radius 2 is 1.46 bits per heavy atom. The molecule has 46 heavy (non-hydrogen) atoms. The van der Waals surface area contributed by atoms with Gasteiger partial charge < -0.3 is 99.1 Å². The molecule has 2 aliphatic heterocycles. The van der Waals surface area contributed by atoms with E-state index in [0.717, 1.165) is 0 Å². The summed E-state index contributed by atoms with van der Waals surface area (Å²) in [6.45, 7) is -0.758. The van der Waals surface area contributed by atoms with Gasteiger partial charge in [-0.3, -0.25) is 4.79 Å². The van der Waals surface area contributed by atoms with Gasteiger partial charge in [-0.2, -0.15) is 0 Å². The number of aliphatic hydroxyl groups excluding tert-OH is 8. The van der Waals surface area contributed by atoms with Crippen molar-refractivity contribution in [3.63, 3.8) is 0 Å². The Bertz CT molecular complexity index is 931. The minimum atomic E-state index is -1.71. The van der Waals surface area contributed by atoms with Crippen molar-refractivity contribution in [1.29, 1.82) is 0 Å². The van der Waals surface area contributed by atoms with E-state index in [-0.39, 0.29) is 45.4 Å². The highest BCUT2D eigenvalue weighted by Crippen LogP contribution is 2.32. The normalized spacial score (nSPS) is 43.2. The van der Waals surface area contributed by atoms with Crippen molar-refractivity contribution in [3.8, 4) is 0 Å². The predicted octanol–water partition coefficient (Wildman–Crippen LogP) is -9.12. The average molecular weight is 672 g/mol. The Balaban J connectivity index is 1.89. The molecule has 20 nitrogen and oxygen atoms in total. The van der Waals surface area contributed by atoms with Crippen LogP contribution in [0, 0.1) is 0 Å². The summed E-state index contributed by atoms with van der Waals surface area (Å²) in [6, 6.07) is -4.61. The van der Waals surface area contributed by atoms with Crippen LogP contribution < -0.4 is 39.3 Å². The van der Waals surface area contributed by atoms with Gasteiger partial charge >= 0.3 is 0 Å². The third-order valence-electron chi connectivity index (χ3n) is 8.63. The second-order valence-electron chi connectivity index (χ2n) is 12.0. The van der Waals surface area contributed by atoms with Gasteiger partial charge in [0.05, 0.1) is 30.8 Å². The molecule has 1 saturated carbocycles. The molecular formula is C26H53N7O13. The van der Waals surface area contributed by atoms with Crippen molar-refractivity contribution in [2.75, 3.05) is 32.8 Å². The molecular weight excluding hydrogens is 618 g/mol. The van der Waals surface area contributed by atoms with Crippen LogP contribution in [0.3, 0.4) is 0 Å². The van der Waals surface area contributed by atoms with Crippen molar-refractivity contribution in [3.05, 3.63) is 0 Å². The molecule has 1 aliphatic carbocycles. The minimum absolute atomic E-state index is 0.00624. The van der Waals surface area contributed by atoms with Crippen LogP contribution in [0.1, 0.15) is 19.3 Å². The minimum Gasteiger partial charge on any atom is -0.394 e. The first kappa shape index (κ1) is 39.2. The van der Waals surface area contributed by atoms with Gasteiger partial charge in [-0.15, -0.1) is 0 Å². The van der Waals surface area contributed by atoms with Crippen molar-refractivity contribution in [2.24, 2.45) is 28.7 Å². The molecule has 3 rings (SSSR count). The quantitative estimate of drug-likeness (QED) is 0.0768.